The van der Waals surface area contributed by atoms with Gasteiger partial charge in [0.15, 0.2) is 5.82 Å². The van der Waals surface area contributed by atoms with Crippen LogP contribution in [-0.2, 0) is 6.54 Å². The molecule has 2 N–H and O–H groups in total. The number of para-hydroxylation sites is 1. The average molecular weight is 393 g/mol. The van der Waals surface area contributed by atoms with Crippen molar-refractivity contribution in [2.75, 3.05) is 19.0 Å². The van der Waals surface area contributed by atoms with Gasteiger partial charge in [0.1, 0.15) is 5.75 Å². The summed E-state index contributed by atoms with van der Waals surface area (Å²) < 4.78 is 5.38. The Balaban J connectivity index is 1.67. The summed E-state index contributed by atoms with van der Waals surface area (Å²) in [4.78, 5) is 15.0. The first-order valence-corrected chi connectivity index (χ1v) is 9.85. The molecule has 6 nitrogen and oxygen atoms in total. The number of benzene rings is 2. The number of anilines is 1. The van der Waals surface area contributed by atoms with E-state index in [9.17, 15) is 4.79 Å². The van der Waals surface area contributed by atoms with E-state index in [0.717, 1.165) is 30.1 Å². The third-order valence-corrected chi connectivity index (χ3v) is 4.95. The van der Waals surface area contributed by atoms with Crippen LogP contribution in [0.15, 0.2) is 54.6 Å². The third-order valence-electron chi connectivity index (χ3n) is 4.95. The maximum absolute atomic E-state index is 12.6. The second-order valence-electron chi connectivity index (χ2n) is 7.18. The molecule has 0 atom stereocenters. The van der Waals surface area contributed by atoms with E-state index in [2.05, 4.69) is 41.2 Å². The van der Waals surface area contributed by atoms with Crippen LogP contribution in [0.2, 0.25) is 0 Å². The molecular formula is C23H28N4O2. The average Bonchev–Trinajstić information content (AvgIpc) is 3.20. The highest BCUT2D eigenvalue weighted by atomic mass is 16.5. The number of rotatable bonds is 8. The number of carbonyl (C=O) groups is 1. The number of hydrogen-bond acceptors (Lipinski definition) is 4. The number of ether oxygens (including phenoxy) is 1. The van der Waals surface area contributed by atoms with Crippen LogP contribution < -0.4 is 10.1 Å². The first-order chi connectivity index (χ1) is 14.0. The Bertz CT molecular complexity index is 948. The van der Waals surface area contributed by atoms with Crippen molar-refractivity contribution in [3.05, 3.63) is 65.7 Å². The topological polar surface area (TPSA) is 70.2 Å². The van der Waals surface area contributed by atoms with E-state index in [1.165, 1.54) is 5.56 Å². The minimum Gasteiger partial charge on any atom is -0.496 e. The van der Waals surface area contributed by atoms with Gasteiger partial charge in [-0.25, -0.2) is 0 Å². The smallest absolute Gasteiger partial charge is 0.256 e. The number of aromatic nitrogens is 2. The van der Waals surface area contributed by atoms with Crippen molar-refractivity contribution in [1.29, 1.82) is 0 Å². The van der Waals surface area contributed by atoms with Crippen LogP contribution in [0.25, 0.3) is 11.3 Å². The Kier molecular flexibility index (Phi) is 6.67. The molecule has 0 saturated carbocycles. The molecule has 0 bridgehead atoms. The quantitative estimate of drug-likeness (QED) is 0.589. The van der Waals surface area contributed by atoms with Crippen LogP contribution in [-0.4, -0.2) is 40.7 Å². The van der Waals surface area contributed by atoms with Crippen molar-refractivity contribution >= 4 is 11.7 Å². The van der Waals surface area contributed by atoms with Gasteiger partial charge in [0.25, 0.3) is 5.91 Å². The molecule has 0 saturated heterocycles. The Morgan fingerprint density at radius 2 is 1.90 bits per heavy atom. The molecule has 0 aliphatic rings. The highest BCUT2D eigenvalue weighted by Crippen LogP contribution is 2.29. The van der Waals surface area contributed by atoms with Gasteiger partial charge in [0.2, 0.25) is 0 Å². The summed E-state index contributed by atoms with van der Waals surface area (Å²) >= 11 is 0. The summed E-state index contributed by atoms with van der Waals surface area (Å²) in [5.41, 5.74) is 3.46. The Morgan fingerprint density at radius 1 is 1.17 bits per heavy atom. The molecule has 6 heteroatoms. The molecule has 0 fully saturated rings. The van der Waals surface area contributed by atoms with Gasteiger partial charge in [0, 0.05) is 29.8 Å². The first-order valence-electron chi connectivity index (χ1n) is 9.85. The van der Waals surface area contributed by atoms with Gasteiger partial charge in [-0.2, -0.15) is 5.10 Å². The van der Waals surface area contributed by atoms with Crippen molar-refractivity contribution in [3.8, 4) is 17.0 Å². The van der Waals surface area contributed by atoms with Crippen LogP contribution >= 0.6 is 0 Å². The lowest BCUT2D eigenvalue weighted by atomic mass is 10.1. The Morgan fingerprint density at radius 3 is 2.55 bits per heavy atom. The minimum atomic E-state index is -0.189. The highest BCUT2D eigenvalue weighted by Gasteiger charge is 2.13. The van der Waals surface area contributed by atoms with Crippen molar-refractivity contribution < 1.29 is 9.53 Å². The fourth-order valence-electron chi connectivity index (χ4n) is 3.23. The van der Waals surface area contributed by atoms with Crippen LogP contribution in [0.3, 0.4) is 0 Å². The van der Waals surface area contributed by atoms with E-state index in [1.807, 2.05) is 48.5 Å². The van der Waals surface area contributed by atoms with E-state index >= 15 is 0 Å². The number of nitrogens with one attached hydrogen (secondary N) is 2. The molecule has 0 aliphatic carbocycles. The van der Waals surface area contributed by atoms with E-state index < -0.39 is 0 Å². The minimum absolute atomic E-state index is 0.189. The van der Waals surface area contributed by atoms with Gasteiger partial charge >= 0.3 is 0 Å². The molecule has 0 unspecified atom stereocenters. The van der Waals surface area contributed by atoms with Gasteiger partial charge in [-0.3, -0.25) is 14.8 Å². The fraction of sp³-hybridized carbons (Fsp3) is 0.304. The molecule has 29 heavy (non-hydrogen) atoms. The number of H-pyrrole nitrogens is 1. The lowest BCUT2D eigenvalue weighted by Crippen LogP contribution is -2.29. The number of aromatic amines is 1. The fourth-order valence-corrected chi connectivity index (χ4v) is 3.23. The SMILES string of the molecule is CCN(Cc1ccc(C(=O)Nc2cc(-c3ccccc3OC)[nH]n2)cc1)C(C)C. The van der Waals surface area contributed by atoms with E-state index in [0.29, 0.717) is 17.4 Å². The number of hydrogen-bond donors (Lipinski definition) is 2. The maximum Gasteiger partial charge on any atom is 0.256 e. The number of amides is 1. The van der Waals surface area contributed by atoms with E-state index in [1.54, 1.807) is 13.2 Å². The van der Waals surface area contributed by atoms with Gasteiger partial charge in [-0.1, -0.05) is 31.2 Å². The number of carbonyl (C=O) groups excluding carboxylic acids is 1. The van der Waals surface area contributed by atoms with Crippen LogP contribution in [0, 0.1) is 0 Å². The first kappa shape index (κ1) is 20.6. The molecule has 3 aromatic rings. The van der Waals surface area contributed by atoms with Crippen molar-refractivity contribution in [2.24, 2.45) is 0 Å². The second-order valence-corrected chi connectivity index (χ2v) is 7.18. The summed E-state index contributed by atoms with van der Waals surface area (Å²) in [6, 6.07) is 17.7. The second kappa shape index (κ2) is 9.39. The Labute approximate surface area is 171 Å². The molecule has 2 aromatic carbocycles. The zero-order valence-electron chi connectivity index (χ0n) is 17.4. The lowest BCUT2D eigenvalue weighted by Gasteiger charge is -2.24. The van der Waals surface area contributed by atoms with Gasteiger partial charge in [-0.05, 0) is 50.2 Å². The van der Waals surface area contributed by atoms with Crippen molar-refractivity contribution in [2.45, 2.75) is 33.4 Å². The molecule has 0 aliphatic heterocycles. The monoisotopic (exact) mass is 392 g/mol. The van der Waals surface area contributed by atoms with Crippen molar-refractivity contribution in [1.82, 2.24) is 15.1 Å². The van der Waals surface area contributed by atoms with E-state index in [4.69, 9.17) is 4.74 Å². The lowest BCUT2D eigenvalue weighted by molar-refractivity contribution is 0.102. The normalized spacial score (nSPS) is 11.1. The zero-order valence-corrected chi connectivity index (χ0v) is 17.4. The summed E-state index contributed by atoms with van der Waals surface area (Å²) in [6.07, 6.45) is 0. The molecule has 1 aromatic heterocycles. The molecule has 3 rings (SSSR count). The number of nitrogens with zero attached hydrogens (tertiary/aromatic N) is 2. The van der Waals surface area contributed by atoms with Gasteiger partial charge < -0.3 is 10.1 Å². The summed E-state index contributed by atoms with van der Waals surface area (Å²) in [5, 5.41) is 10.00. The summed E-state index contributed by atoms with van der Waals surface area (Å²) in [5.74, 6) is 1.02. The van der Waals surface area contributed by atoms with Crippen LogP contribution in [0.1, 0.15) is 36.7 Å². The molecule has 1 amide bonds. The van der Waals surface area contributed by atoms with Crippen molar-refractivity contribution in [3.63, 3.8) is 0 Å². The van der Waals surface area contributed by atoms with E-state index in [-0.39, 0.29) is 5.91 Å². The maximum atomic E-state index is 12.6. The largest absolute Gasteiger partial charge is 0.496 e. The predicted molar refractivity (Wildman–Crippen MR) is 116 cm³/mol. The molecule has 152 valence electrons. The predicted octanol–water partition coefficient (Wildman–Crippen LogP) is 4.57. The Hall–Kier alpha value is -3.12. The van der Waals surface area contributed by atoms with Crippen LogP contribution in [0.5, 0.6) is 5.75 Å². The highest BCUT2D eigenvalue weighted by molar-refractivity contribution is 6.04. The molecular weight excluding hydrogens is 364 g/mol. The van der Waals surface area contributed by atoms with Gasteiger partial charge in [-0.15, -0.1) is 0 Å². The molecule has 0 radical (unpaired) electrons. The summed E-state index contributed by atoms with van der Waals surface area (Å²) in [6.45, 7) is 8.40. The third kappa shape index (κ3) is 5.03. The standard InChI is InChI=1S/C23H28N4O2/c1-5-27(16(2)3)15-17-10-12-18(13-11-17)23(28)24-22-14-20(25-26-22)19-8-6-7-9-21(19)29-4/h6-14,16H,5,15H2,1-4H3,(H2,24,25,26,28). The summed E-state index contributed by atoms with van der Waals surface area (Å²) in [7, 11) is 1.63. The number of methoxy groups -OCH3 is 1. The van der Waals surface area contributed by atoms with Gasteiger partial charge in [0.05, 0.1) is 12.8 Å². The molecule has 0 spiro atoms. The van der Waals surface area contributed by atoms with Crippen LogP contribution in [0.4, 0.5) is 5.82 Å². The molecule has 1 heterocycles. The zero-order chi connectivity index (χ0) is 20.8.